The van der Waals surface area contributed by atoms with Crippen molar-refractivity contribution in [2.24, 2.45) is 0 Å². The van der Waals surface area contributed by atoms with Crippen LogP contribution in [-0.2, 0) is 9.53 Å². The summed E-state index contributed by atoms with van der Waals surface area (Å²) >= 11 is 0. The lowest BCUT2D eigenvalue weighted by molar-refractivity contribution is -0.144. The summed E-state index contributed by atoms with van der Waals surface area (Å²) in [5.74, 6) is 0.0991. The Kier molecular flexibility index (Phi) is 5.70. The number of ether oxygens (including phenoxy) is 1. The molecule has 116 valence electrons. The monoisotopic (exact) mass is 291 g/mol. The molecular weight excluding hydrogens is 266 g/mol. The zero-order chi connectivity index (χ0) is 15.2. The molecule has 0 spiro atoms. The second-order valence-corrected chi connectivity index (χ2v) is 5.39. The van der Waals surface area contributed by atoms with Gasteiger partial charge in [0.15, 0.2) is 0 Å². The summed E-state index contributed by atoms with van der Waals surface area (Å²) in [6, 6.07) is 6.29. The lowest BCUT2D eigenvalue weighted by Gasteiger charge is -2.38. The molecule has 1 aliphatic heterocycles. The number of rotatable bonds is 5. The van der Waals surface area contributed by atoms with E-state index in [0.29, 0.717) is 6.61 Å². The Morgan fingerprint density at radius 1 is 1.29 bits per heavy atom. The molecule has 2 atom stereocenters. The summed E-state index contributed by atoms with van der Waals surface area (Å²) in [6.45, 7) is 9.75. The molecule has 0 radical (unpaired) electrons. The van der Waals surface area contributed by atoms with E-state index in [-0.39, 0.29) is 18.1 Å². The van der Waals surface area contributed by atoms with Crippen LogP contribution in [0.5, 0.6) is 0 Å². The van der Waals surface area contributed by atoms with Crippen molar-refractivity contribution in [1.29, 1.82) is 0 Å². The van der Waals surface area contributed by atoms with E-state index in [4.69, 9.17) is 4.74 Å². The van der Waals surface area contributed by atoms with Crippen molar-refractivity contribution in [3.8, 4) is 0 Å². The Labute approximate surface area is 126 Å². The van der Waals surface area contributed by atoms with Gasteiger partial charge >= 0.3 is 0 Å². The van der Waals surface area contributed by atoms with E-state index in [1.165, 1.54) is 0 Å². The maximum atomic E-state index is 12.2. The van der Waals surface area contributed by atoms with Crippen molar-refractivity contribution in [2.45, 2.75) is 32.9 Å². The quantitative estimate of drug-likeness (QED) is 0.828. The molecule has 1 aliphatic rings. The van der Waals surface area contributed by atoms with Gasteiger partial charge in [-0.25, -0.2) is 0 Å². The number of hydrogen-bond donors (Lipinski definition) is 0. The maximum absolute atomic E-state index is 12.2. The molecule has 0 aromatic carbocycles. The van der Waals surface area contributed by atoms with Crippen molar-refractivity contribution in [1.82, 2.24) is 14.8 Å². The van der Waals surface area contributed by atoms with E-state index in [1.807, 2.05) is 37.1 Å². The molecule has 1 aromatic heterocycles. The van der Waals surface area contributed by atoms with Crippen LogP contribution in [0.15, 0.2) is 24.4 Å². The highest BCUT2D eigenvalue weighted by Crippen LogP contribution is 2.19. The van der Waals surface area contributed by atoms with Crippen molar-refractivity contribution >= 4 is 5.91 Å². The number of amides is 1. The van der Waals surface area contributed by atoms with Gasteiger partial charge in [-0.15, -0.1) is 0 Å². The summed E-state index contributed by atoms with van der Waals surface area (Å²) in [5.41, 5.74) is 1.08. The SMILES string of the molecule is CCO[C@H](C)C(=O)N1CCN([C@H](C)c2ccccn2)CC1. The summed E-state index contributed by atoms with van der Waals surface area (Å²) < 4.78 is 5.39. The topological polar surface area (TPSA) is 45.7 Å². The van der Waals surface area contributed by atoms with Crippen LogP contribution >= 0.6 is 0 Å². The molecular formula is C16H25N3O2. The zero-order valence-electron chi connectivity index (χ0n) is 13.2. The first-order valence-corrected chi connectivity index (χ1v) is 7.68. The fourth-order valence-corrected chi connectivity index (χ4v) is 2.72. The Bertz CT molecular complexity index is 444. The number of carbonyl (C=O) groups excluding carboxylic acids is 1. The lowest BCUT2D eigenvalue weighted by Crippen LogP contribution is -2.51. The molecule has 5 nitrogen and oxygen atoms in total. The average molecular weight is 291 g/mol. The van der Waals surface area contributed by atoms with Gasteiger partial charge in [-0.2, -0.15) is 0 Å². The first-order valence-electron chi connectivity index (χ1n) is 7.68. The molecule has 1 aromatic rings. The molecule has 0 bridgehead atoms. The standard InChI is InChI=1S/C16H25N3O2/c1-4-21-14(3)16(20)19-11-9-18(10-12-19)13(2)15-7-5-6-8-17-15/h5-8,13-14H,4,9-12H2,1-3H3/t13-,14-/m1/s1. The van der Waals surface area contributed by atoms with Crippen molar-refractivity contribution in [2.75, 3.05) is 32.8 Å². The smallest absolute Gasteiger partial charge is 0.251 e. The van der Waals surface area contributed by atoms with Gasteiger partial charge in [-0.3, -0.25) is 14.7 Å². The van der Waals surface area contributed by atoms with Gasteiger partial charge in [0, 0.05) is 45.0 Å². The van der Waals surface area contributed by atoms with E-state index in [0.717, 1.165) is 31.9 Å². The third-order valence-electron chi connectivity index (χ3n) is 4.05. The normalized spacial score (nSPS) is 19.3. The molecule has 0 unspecified atom stereocenters. The van der Waals surface area contributed by atoms with Crippen LogP contribution in [0.3, 0.4) is 0 Å². The number of carbonyl (C=O) groups is 1. The summed E-state index contributed by atoms with van der Waals surface area (Å²) in [7, 11) is 0. The molecule has 0 saturated carbocycles. The van der Waals surface area contributed by atoms with Gasteiger partial charge < -0.3 is 9.64 Å². The predicted octanol–water partition coefficient (Wildman–Crippen LogP) is 1.71. The Morgan fingerprint density at radius 3 is 2.57 bits per heavy atom. The number of hydrogen-bond acceptors (Lipinski definition) is 4. The minimum Gasteiger partial charge on any atom is -0.369 e. The Balaban J connectivity index is 1.87. The van der Waals surface area contributed by atoms with Gasteiger partial charge in [0.05, 0.1) is 5.69 Å². The largest absolute Gasteiger partial charge is 0.369 e. The van der Waals surface area contributed by atoms with E-state index in [1.54, 1.807) is 0 Å². The predicted molar refractivity (Wildman–Crippen MR) is 81.9 cm³/mol. The Morgan fingerprint density at radius 2 is 2.00 bits per heavy atom. The zero-order valence-corrected chi connectivity index (χ0v) is 13.2. The van der Waals surface area contributed by atoms with Crippen LogP contribution < -0.4 is 0 Å². The average Bonchev–Trinajstić information content (AvgIpc) is 2.54. The highest BCUT2D eigenvalue weighted by Gasteiger charge is 2.27. The second kappa shape index (κ2) is 7.52. The maximum Gasteiger partial charge on any atom is 0.251 e. The minimum absolute atomic E-state index is 0.0991. The molecule has 0 N–H and O–H groups in total. The molecule has 2 rings (SSSR count). The van der Waals surface area contributed by atoms with Crippen LogP contribution in [0, 0.1) is 0 Å². The van der Waals surface area contributed by atoms with Gasteiger partial charge in [-0.05, 0) is 32.9 Å². The van der Waals surface area contributed by atoms with Crippen molar-refractivity contribution < 1.29 is 9.53 Å². The summed E-state index contributed by atoms with van der Waals surface area (Å²) in [6.07, 6.45) is 1.49. The number of nitrogens with zero attached hydrogens (tertiary/aromatic N) is 3. The molecule has 21 heavy (non-hydrogen) atoms. The number of piperazine rings is 1. The fraction of sp³-hybridized carbons (Fsp3) is 0.625. The Hall–Kier alpha value is -1.46. The van der Waals surface area contributed by atoms with Crippen LogP contribution in [0.1, 0.15) is 32.5 Å². The van der Waals surface area contributed by atoms with Crippen LogP contribution in [0.25, 0.3) is 0 Å². The number of aromatic nitrogens is 1. The third kappa shape index (κ3) is 4.02. The minimum atomic E-state index is -0.338. The lowest BCUT2D eigenvalue weighted by atomic mass is 10.1. The van der Waals surface area contributed by atoms with Crippen molar-refractivity contribution in [3.05, 3.63) is 30.1 Å². The highest BCUT2D eigenvalue weighted by atomic mass is 16.5. The molecule has 0 aliphatic carbocycles. The van der Waals surface area contributed by atoms with Gasteiger partial charge in [0.2, 0.25) is 0 Å². The van der Waals surface area contributed by atoms with Crippen molar-refractivity contribution in [3.63, 3.8) is 0 Å². The third-order valence-corrected chi connectivity index (χ3v) is 4.05. The second-order valence-electron chi connectivity index (χ2n) is 5.39. The van der Waals surface area contributed by atoms with E-state index in [2.05, 4.69) is 22.9 Å². The van der Waals surface area contributed by atoms with Crippen LogP contribution in [-0.4, -0.2) is 59.6 Å². The first kappa shape index (κ1) is 15.9. The molecule has 1 saturated heterocycles. The molecule has 5 heteroatoms. The molecule has 1 amide bonds. The van der Waals surface area contributed by atoms with E-state index < -0.39 is 0 Å². The first-order chi connectivity index (χ1) is 10.1. The highest BCUT2D eigenvalue weighted by molar-refractivity contribution is 5.80. The van der Waals surface area contributed by atoms with Gasteiger partial charge in [-0.1, -0.05) is 6.07 Å². The summed E-state index contributed by atoms with van der Waals surface area (Å²) in [4.78, 5) is 20.9. The van der Waals surface area contributed by atoms with E-state index in [9.17, 15) is 4.79 Å². The van der Waals surface area contributed by atoms with Gasteiger partial charge in [0.25, 0.3) is 5.91 Å². The van der Waals surface area contributed by atoms with E-state index >= 15 is 0 Å². The summed E-state index contributed by atoms with van der Waals surface area (Å²) in [5, 5.41) is 0. The number of pyridine rings is 1. The van der Waals surface area contributed by atoms with Crippen LogP contribution in [0.4, 0.5) is 0 Å². The van der Waals surface area contributed by atoms with Crippen LogP contribution in [0.2, 0.25) is 0 Å². The fourth-order valence-electron chi connectivity index (χ4n) is 2.72. The van der Waals surface area contributed by atoms with Gasteiger partial charge in [0.1, 0.15) is 6.10 Å². The molecule has 2 heterocycles. The molecule has 1 fully saturated rings.